The largest absolute Gasteiger partial charge is 0.313 e. The number of benzene rings is 2. The fourth-order valence-electron chi connectivity index (χ4n) is 1.85. The van der Waals surface area contributed by atoms with Gasteiger partial charge in [0.25, 0.3) is 0 Å². The summed E-state index contributed by atoms with van der Waals surface area (Å²) in [6, 6.07) is 11.5. The second-order valence-electron chi connectivity index (χ2n) is 4.29. The van der Waals surface area contributed by atoms with Gasteiger partial charge in [-0.3, -0.25) is 0 Å². The quantitative estimate of drug-likeness (QED) is 0.867. The first-order valence-electron chi connectivity index (χ1n) is 5.84. The van der Waals surface area contributed by atoms with Crippen molar-refractivity contribution >= 4 is 0 Å². The van der Waals surface area contributed by atoms with Gasteiger partial charge in [0.05, 0.1) is 0 Å². The molecule has 0 saturated carbocycles. The molecule has 0 bridgehead atoms. The Morgan fingerprint density at radius 2 is 1.44 bits per heavy atom. The lowest BCUT2D eigenvalue weighted by molar-refractivity contribution is 0.584. The lowest BCUT2D eigenvalue weighted by Gasteiger charge is -2.11. The monoisotopic (exact) mass is 247 g/mol. The Bertz CT molecular complexity index is 514. The molecule has 0 saturated heterocycles. The average molecular weight is 247 g/mol. The molecular formula is C15H15F2N. The Labute approximate surface area is 105 Å². The maximum absolute atomic E-state index is 13.1. The van der Waals surface area contributed by atoms with Gasteiger partial charge < -0.3 is 5.32 Å². The molecule has 0 aliphatic carbocycles. The van der Waals surface area contributed by atoms with E-state index in [-0.39, 0.29) is 6.04 Å². The molecule has 18 heavy (non-hydrogen) atoms. The predicted molar refractivity (Wildman–Crippen MR) is 69.3 cm³/mol. The molecule has 94 valence electrons. The maximum Gasteiger partial charge on any atom is 0.126 e. The highest BCUT2D eigenvalue weighted by molar-refractivity contribution is 5.63. The Morgan fingerprint density at radius 3 is 1.94 bits per heavy atom. The van der Waals surface area contributed by atoms with Crippen LogP contribution in [0.5, 0.6) is 0 Å². The molecule has 2 rings (SSSR count). The van der Waals surface area contributed by atoms with Crippen LogP contribution in [0.1, 0.15) is 18.5 Å². The van der Waals surface area contributed by atoms with Gasteiger partial charge in [0.15, 0.2) is 0 Å². The van der Waals surface area contributed by atoms with Crippen molar-refractivity contribution in [3.05, 3.63) is 59.7 Å². The number of hydrogen-bond acceptors (Lipinski definition) is 1. The molecule has 1 atom stereocenters. The molecule has 0 aromatic heterocycles. The molecule has 0 spiro atoms. The van der Waals surface area contributed by atoms with Crippen molar-refractivity contribution in [2.75, 3.05) is 7.05 Å². The van der Waals surface area contributed by atoms with Crippen LogP contribution in [0.25, 0.3) is 11.1 Å². The molecule has 0 fully saturated rings. The van der Waals surface area contributed by atoms with Gasteiger partial charge in [0, 0.05) is 12.1 Å². The van der Waals surface area contributed by atoms with Crippen molar-refractivity contribution in [1.82, 2.24) is 5.32 Å². The summed E-state index contributed by atoms with van der Waals surface area (Å²) in [6.45, 7) is 2.05. The first kappa shape index (κ1) is 12.7. The summed E-state index contributed by atoms with van der Waals surface area (Å²) < 4.78 is 26.3. The Balaban J connectivity index is 2.34. The Hall–Kier alpha value is -1.74. The number of rotatable bonds is 3. The standard InChI is InChI=1S/C15H15F2N/c1-10(18-2)11-3-5-12(6-4-11)13-7-14(16)9-15(17)8-13/h3-10,18H,1-2H3. The van der Waals surface area contributed by atoms with E-state index in [1.165, 1.54) is 12.1 Å². The van der Waals surface area contributed by atoms with Crippen LogP contribution in [0.2, 0.25) is 0 Å². The zero-order valence-corrected chi connectivity index (χ0v) is 10.4. The van der Waals surface area contributed by atoms with Crippen LogP contribution >= 0.6 is 0 Å². The van der Waals surface area contributed by atoms with Crippen LogP contribution in [0.3, 0.4) is 0 Å². The smallest absolute Gasteiger partial charge is 0.126 e. The summed E-state index contributed by atoms with van der Waals surface area (Å²) in [5, 5.41) is 3.14. The van der Waals surface area contributed by atoms with E-state index in [1.807, 2.05) is 31.3 Å². The highest BCUT2D eigenvalue weighted by Gasteiger charge is 2.05. The summed E-state index contributed by atoms with van der Waals surface area (Å²) >= 11 is 0. The van der Waals surface area contributed by atoms with Crippen LogP contribution in [-0.4, -0.2) is 7.05 Å². The zero-order chi connectivity index (χ0) is 13.1. The molecule has 0 heterocycles. The van der Waals surface area contributed by atoms with Gasteiger partial charge >= 0.3 is 0 Å². The van der Waals surface area contributed by atoms with Crippen molar-refractivity contribution < 1.29 is 8.78 Å². The molecule has 0 radical (unpaired) electrons. The first-order chi connectivity index (χ1) is 8.60. The zero-order valence-electron chi connectivity index (χ0n) is 10.4. The van der Waals surface area contributed by atoms with E-state index < -0.39 is 11.6 Å². The van der Waals surface area contributed by atoms with Gasteiger partial charge in [0.1, 0.15) is 11.6 Å². The fourth-order valence-corrected chi connectivity index (χ4v) is 1.85. The minimum Gasteiger partial charge on any atom is -0.313 e. The second kappa shape index (κ2) is 5.27. The summed E-state index contributed by atoms with van der Waals surface area (Å²) in [5.74, 6) is -1.12. The van der Waals surface area contributed by atoms with E-state index in [0.717, 1.165) is 17.2 Å². The summed E-state index contributed by atoms with van der Waals surface area (Å²) in [5.41, 5.74) is 2.50. The Morgan fingerprint density at radius 1 is 0.889 bits per heavy atom. The normalized spacial score (nSPS) is 12.4. The lowest BCUT2D eigenvalue weighted by Crippen LogP contribution is -2.11. The number of halogens is 2. The molecule has 0 aliphatic rings. The highest BCUT2D eigenvalue weighted by Crippen LogP contribution is 2.23. The van der Waals surface area contributed by atoms with Gasteiger partial charge in [-0.2, -0.15) is 0 Å². The van der Waals surface area contributed by atoms with Gasteiger partial charge in [-0.1, -0.05) is 24.3 Å². The second-order valence-corrected chi connectivity index (χ2v) is 4.29. The molecule has 0 aliphatic heterocycles. The lowest BCUT2D eigenvalue weighted by atomic mass is 10.0. The van der Waals surface area contributed by atoms with Crippen LogP contribution in [0.4, 0.5) is 8.78 Å². The number of nitrogens with one attached hydrogen (secondary N) is 1. The van der Waals surface area contributed by atoms with E-state index in [4.69, 9.17) is 0 Å². The Kier molecular flexibility index (Phi) is 3.72. The van der Waals surface area contributed by atoms with Crippen molar-refractivity contribution in [3.63, 3.8) is 0 Å². The van der Waals surface area contributed by atoms with Crippen LogP contribution in [0, 0.1) is 11.6 Å². The van der Waals surface area contributed by atoms with Gasteiger partial charge in [-0.05, 0) is 42.8 Å². The maximum atomic E-state index is 13.1. The van der Waals surface area contributed by atoms with Crippen molar-refractivity contribution in [2.45, 2.75) is 13.0 Å². The van der Waals surface area contributed by atoms with E-state index >= 15 is 0 Å². The predicted octanol–water partition coefficient (Wildman–Crippen LogP) is 3.91. The van der Waals surface area contributed by atoms with E-state index in [0.29, 0.717) is 5.56 Å². The topological polar surface area (TPSA) is 12.0 Å². The molecule has 1 nitrogen and oxygen atoms in total. The third kappa shape index (κ3) is 2.74. The molecule has 0 amide bonds. The first-order valence-corrected chi connectivity index (χ1v) is 5.84. The van der Waals surface area contributed by atoms with Gasteiger partial charge in [-0.25, -0.2) is 8.78 Å². The molecule has 1 unspecified atom stereocenters. The molecule has 2 aromatic rings. The summed E-state index contributed by atoms with van der Waals surface area (Å²) in [7, 11) is 1.89. The van der Waals surface area contributed by atoms with Crippen molar-refractivity contribution in [1.29, 1.82) is 0 Å². The minimum atomic E-state index is -0.558. The van der Waals surface area contributed by atoms with E-state index in [1.54, 1.807) is 0 Å². The third-order valence-corrected chi connectivity index (χ3v) is 3.04. The molecular weight excluding hydrogens is 232 g/mol. The van der Waals surface area contributed by atoms with Crippen LogP contribution in [0.15, 0.2) is 42.5 Å². The SMILES string of the molecule is CNC(C)c1ccc(-c2cc(F)cc(F)c2)cc1. The summed E-state index contributed by atoms with van der Waals surface area (Å²) in [4.78, 5) is 0. The van der Waals surface area contributed by atoms with Crippen LogP contribution in [-0.2, 0) is 0 Å². The van der Waals surface area contributed by atoms with Gasteiger partial charge in [-0.15, -0.1) is 0 Å². The minimum absolute atomic E-state index is 0.253. The summed E-state index contributed by atoms with van der Waals surface area (Å²) in [6.07, 6.45) is 0. The molecule has 2 aromatic carbocycles. The average Bonchev–Trinajstić information content (AvgIpc) is 2.37. The van der Waals surface area contributed by atoms with Crippen molar-refractivity contribution in [3.8, 4) is 11.1 Å². The van der Waals surface area contributed by atoms with E-state index in [2.05, 4.69) is 12.2 Å². The van der Waals surface area contributed by atoms with Gasteiger partial charge in [0.2, 0.25) is 0 Å². The molecule has 3 heteroatoms. The number of hydrogen-bond donors (Lipinski definition) is 1. The van der Waals surface area contributed by atoms with Crippen LogP contribution < -0.4 is 5.32 Å². The fraction of sp³-hybridized carbons (Fsp3) is 0.200. The third-order valence-electron chi connectivity index (χ3n) is 3.04. The highest BCUT2D eigenvalue weighted by atomic mass is 19.1. The van der Waals surface area contributed by atoms with E-state index in [9.17, 15) is 8.78 Å². The molecule has 1 N–H and O–H groups in total. The van der Waals surface area contributed by atoms with Crippen molar-refractivity contribution in [2.24, 2.45) is 0 Å².